The van der Waals surface area contributed by atoms with Crippen LogP contribution in [0.25, 0.3) is 0 Å². The van der Waals surface area contributed by atoms with Crippen molar-refractivity contribution in [2.75, 3.05) is 24.2 Å². The summed E-state index contributed by atoms with van der Waals surface area (Å²) in [7, 11) is 1.85. The van der Waals surface area contributed by atoms with Crippen LogP contribution in [0.5, 0.6) is 0 Å². The van der Waals surface area contributed by atoms with Crippen LogP contribution < -0.4 is 10.6 Å². The highest BCUT2D eigenvalue weighted by Gasteiger charge is 2.13. The quantitative estimate of drug-likeness (QED) is 0.687. The molecule has 3 rings (SSSR count). The summed E-state index contributed by atoms with van der Waals surface area (Å²) >= 11 is 0. The van der Waals surface area contributed by atoms with Gasteiger partial charge in [-0.25, -0.2) is 9.97 Å². The van der Waals surface area contributed by atoms with Crippen molar-refractivity contribution in [3.63, 3.8) is 0 Å². The standard InChI is InChI=1S/C20H22N4/c1-21-19-14-20(24-15-23-19)22-13-12-18(16-8-4-2-5-9-16)17-10-6-3-7-11-17/h2-11,14-15,18H,12-13H2,1H3,(H2,21,22,23,24). The second-order valence-electron chi connectivity index (χ2n) is 5.63. The largest absolute Gasteiger partial charge is 0.373 e. The van der Waals surface area contributed by atoms with E-state index in [0.29, 0.717) is 5.92 Å². The highest BCUT2D eigenvalue weighted by molar-refractivity contribution is 5.46. The second kappa shape index (κ2) is 8.11. The Morgan fingerprint density at radius 1 is 0.833 bits per heavy atom. The Balaban J connectivity index is 1.71. The normalized spacial score (nSPS) is 10.6. The van der Waals surface area contributed by atoms with E-state index in [4.69, 9.17) is 0 Å². The lowest BCUT2D eigenvalue weighted by molar-refractivity contribution is 0.743. The summed E-state index contributed by atoms with van der Waals surface area (Å²) in [5.41, 5.74) is 2.67. The number of nitrogens with zero attached hydrogens (tertiary/aromatic N) is 2. The van der Waals surface area contributed by atoms with E-state index in [1.165, 1.54) is 11.1 Å². The second-order valence-corrected chi connectivity index (χ2v) is 5.63. The van der Waals surface area contributed by atoms with Crippen LogP contribution in [0.3, 0.4) is 0 Å². The van der Waals surface area contributed by atoms with Gasteiger partial charge in [-0.15, -0.1) is 0 Å². The minimum Gasteiger partial charge on any atom is -0.373 e. The van der Waals surface area contributed by atoms with E-state index in [0.717, 1.165) is 24.6 Å². The summed E-state index contributed by atoms with van der Waals surface area (Å²) in [5, 5.41) is 6.43. The topological polar surface area (TPSA) is 49.8 Å². The molecule has 3 aromatic rings. The van der Waals surface area contributed by atoms with Crippen LogP contribution >= 0.6 is 0 Å². The predicted molar refractivity (Wildman–Crippen MR) is 99.4 cm³/mol. The molecule has 2 N–H and O–H groups in total. The van der Waals surface area contributed by atoms with Crippen LogP contribution in [0, 0.1) is 0 Å². The average molecular weight is 318 g/mol. The SMILES string of the molecule is CNc1cc(NCCC(c2ccccc2)c2ccccc2)ncn1. The van der Waals surface area contributed by atoms with Crippen molar-refractivity contribution < 1.29 is 0 Å². The zero-order valence-electron chi connectivity index (χ0n) is 13.8. The zero-order valence-corrected chi connectivity index (χ0v) is 13.8. The van der Waals surface area contributed by atoms with E-state index in [-0.39, 0.29) is 0 Å². The van der Waals surface area contributed by atoms with E-state index in [2.05, 4.69) is 81.3 Å². The minimum absolute atomic E-state index is 0.366. The Morgan fingerprint density at radius 2 is 1.42 bits per heavy atom. The number of nitrogens with one attached hydrogen (secondary N) is 2. The third kappa shape index (κ3) is 4.10. The van der Waals surface area contributed by atoms with Gasteiger partial charge in [0.1, 0.15) is 18.0 Å². The van der Waals surface area contributed by atoms with Crippen LogP contribution in [0.4, 0.5) is 11.6 Å². The molecule has 4 heteroatoms. The van der Waals surface area contributed by atoms with Crippen LogP contribution in [0.1, 0.15) is 23.5 Å². The summed E-state index contributed by atoms with van der Waals surface area (Å²) in [6.45, 7) is 0.842. The molecule has 0 aliphatic carbocycles. The molecule has 0 amide bonds. The van der Waals surface area contributed by atoms with E-state index >= 15 is 0 Å². The lowest BCUT2D eigenvalue weighted by atomic mass is 9.88. The lowest BCUT2D eigenvalue weighted by Gasteiger charge is -2.18. The Kier molecular flexibility index (Phi) is 5.40. The van der Waals surface area contributed by atoms with Gasteiger partial charge < -0.3 is 10.6 Å². The van der Waals surface area contributed by atoms with Crippen molar-refractivity contribution in [1.82, 2.24) is 9.97 Å². The highest BCUT2D eigenvalue weighted by Crippen LogP contribution is 2.27. The van der Waals surface area contributed by atoms with E-state index < -0.39 is 0 Å². The molecule has 0 saturated heterocycles. The number of anilines is 2. The summed E-state index contributed by atoms with van der Waals surface area (Å²) in [6.07, 6.45) is 2.56. The van der Waals surface area contributed by atoms with Crippen molar-refractivity contribution in [2.24, 2.45) is 0 Å². The first-order valence-electron chi connectivity index (χ1n) is 8.20. The molecule has 122 valence electrons. The van der Waals surface area contributed by atoms with Gasteiger partial charge in [0.2, 0.25) is 0 Å². The number of benzene rings is 2. The lowest BCUT2D eigenvalue weighted by Crippen LogP contribution is -2.10. The fraction of sp³-hybridized carbons (Fsp3) is 0.200. The number of aromatic nitrogens is 2. The molecule has 0 radical (unpaired) electrons. The van der Waals surface area contributed by atoms with Crippen molar-refractivity contribution in [2.45, 2.75) is 12.3 Å². The van der Waals surface area contributed by atoms with Crippen LogP contribution in [-0.4, -0.2) is 23.6 Å². The van der Waals surface area contributed by atoms with Crippen molar-refractivity contribution in [1.29, 1.82) is 0 Å². The monoisotopic (exact) mass is 318 g/mol. The molecule has 0 unspecified atom stereocenters. The smallest absolute Gasteiger partial charge is 0.131 e. The van der Waals surface area contributed by atoms with Gasteiger partial charge in [-0.05, 0) is 17.5 Å². The van der Waals surface area contributed by atoms with Crippen LogP contribution in [-0.2, 0) is 0 Å². The zero-order chi connectivity index (χ0) is 16.6. The molecule has 4 nitrogen and oxygen atoms in total. The molecule has 24 heavy (non-hydrogen) atoms. The maximum absolute atomic E-state index is 4.27. The Morgan fingerprint density at radius 3 is 2.00 bits per heavy atom. The molecular formula is C20H22N4. The summed E-state index contributed by atoms with van der Waals surface area (Å²) in [5.74, 6) is 2.02. The Labute approximate surface area is 143 Å². The molecule has 0 bridgehead atoms. The molecule has 0 saturated carbocycles. The number of rotatable bonds is 7. The van der Waals surface area contributed by atoms with Gasteiger partial charge in [-0.2, -0.15) is 0 Å². The fourth-order valence-electron chi connectivity index (χ4n) is 2.83. The number of hydrogen-bond acceptors (Lipinski definition) is 4. The summed E-state index contributed by atoms with van der Waals surface area (Å²) in [4.78, 5) is 8.40. The average Bonchev–Trinajstić information content (AvgIpc) is 2.67. The molecule has 2 aromatic carbocycles. The van der Waals surface area contributed by atoms with Crippen LogP contribution in [0.15, 0.2) is 73.1 Å². The van der Waals surface area contributed by atoms with Gasteiger partial charge in [0.25, 0.3) is 0 Å². The third-order valence-electron chi connectivity index (χ3n) is 4.07. The van der Waals surface area contributed by atoms with E-state index in [1.54, 1.807) is 6.33 Å². The molecule has 0 atom stereocenters. The molecule has 1 heterocycles. The first-order valence-corrected chi connectivity index (χ1v) is 8.20. The van der Waals surface area contributed by atoms with Crippen molar-refractivity contribution in [3.8, 4) is 0 Å². The summed E-state index contributed by atoms with van der Waals surface area (Å²) < 4.78 is 0. The highest BCUT2D eigenvalue weighted by atomic mass is 15.0. The first kappa shape index (κ1) is 16.0. The van der Waals surface area contributed by atoms with Gasteiger partial charge in [-0.3, -0.25) is 0 Å². The Hall–Kier alpha value is -2.88. The van der Waals surface area contributed by atoms with Crippen LogP contribution in [0.2, 0.25) is 0 Å². The van der Waals surface area contributed by atoms with Gasteiger partial charge in [0, 0.05) is 25.6 Å². The van der Waals surface area contributed by atoms with Crippen molar-refractivity contribution >= 4 is 11.6 Å². The predicted octanol–water partition coefficient (Wildman–Crippen LogP) is 4.15. The Bertz CT molecular complexity index is 704. The molecule has 0 aliphatic heterocycles. The third-order valence-corrected chi connectivity index (χ3v) is 4.07. The first-order chi connectivity index (χ1) is 11.9. The maximum atomic E-state index is 4.27. The van der Waals surface area contributed by atoms with E-state index in [1.807, 2.05) is 13.1 Å². The van der Waals surface area contributed by atoms with E-state index in [9.17, 15) is 0 Å². The fourth-order valence-corrected chi connectivity index (χ4v) is 2.83. The van der Waals surface area contributed by atoms with Gasteiger partial charge in [-0.1, -0.05) is 60.7 Å². The van der Waals surface area contributed by atoms with Gasteiger partial charge >= 0.3 is 0 Å². The molecule has 0 aliphatic rings. The molecule has 0 fully saturated rings. The summed E-state index contributed by atoms with van der Waals surface area (Å²) in [6, 6.07) is 23.2. The van der Waals surface area contributed by atoms with Gasteiger partial charge in [0.15, 0.2) is 0 Å². The maximum Gasteiger partial charge on any atom is 0.131 e. The molecule has 1 aromatic heterocycles. The van der Waals surface area contributed by atoms with Crippen molar-refractivity contribution in [3.05, 3.63) is 84.2 Å². The molecular weight excluding hydrogens is 296 g/mol. The molecule has 0 spiro atoms. The number of hydrogen-bond donors (Lipinski definition) is 2. The minimum atomic E-state index is 0.366. The van der Waals surface area contributed by atoms with Gasteiger partial charge in [0.05, 0.1) is 0 Å².